The fourth-order valence-corrected chi connectivity index (χ4v) is 176. The first-order valence-electron chi connectivity index (χ1n) is 27.0. The van der Waals surface area contributed by atoms with Gasteiger partial charge in [0.05, 0.1) is 0 Å². The summed E-state index contributed by atoms with van der Waals surface area (Å²) in [7, 11) is 0. The van der Waals surface area contributed by atoms with Crippen molar-refractivity contribution in [1.82, 2.24) is 0 Å². The van der Waals surface area contributed by atoms with Gasteiger partial charge < -0.3 is 0 Å². The van der Waals surface area contributed by atoms with Crippen LogP contribution in [0.2, 0.25) is 20.1 Å². The van der Waals surface area contributed by atoms with E-state index in [0.717, 1.165) is 0 Å². The summed E-state index contributed by atoms with van der Waals surface area (Å²) in [5.41, 5.74) is -16.6. The van der Waals surface area contributed by atoms with Gasteiger partial charge in [-0.1, -0.05) is 0 Å². The van der Waals surface area contributed by atoms with Gasteiger partial charge >= 0.3 is 505 Å². The Morgan fingerprint density at radius 2 is 0.259 bits per heavy atom. The molecule has 0 atom stereocenters. The maximum atomic E-state index is 7.36. The molecule has 12 rings (SSSR count). The third kappa shape index (κ3) is 9.09. The molecule has 0 aliphatic carbocycles. The molecule has 12 aromatic carbocycles. The van der Waals surface area contributed by atoms with Crippen molar-refractivity contribution < 1.29 is 13.6 Å². The summed E-state index contributed by atoms with van der Waals surface area (Å²) < 4.78 is 0. The Labute approximate surface area is 500 Å². The van der Waals surface area contributed by atoms with Crippen LogP contribution in [0.25, 0.3) is 0 Å². The summed E-state index contributed by atoms with van der Waals surface area (Å²) in [5.74, 6) is 0. The molecule has 0 aromatic heterocycles. The van der Waals surface area contributed by atoms with Gasteiger partial charge in [0.2, 0.25) is 0 Å². The van der Waals surface area contributed by atoms with E-state index >= 15 is 0 Å². The Bertz CT molecular complexity index is 3290. The van der Waals surface area contributed by atoms with Crippen molar-refractivity contribution in [2.75, 3.05) is 0 Å². The monoisotopic (exact) mass is 1290 g/mol. The second kappa shape index (κ2) is 24.2. The van der Waals surface area contributed by atoms with Gasteiger partial charge in [0.15, 0.2) is 0 Å². The van der Waals surface area contributed by atoms with E-state index in [2.05, 4.69) is 340 Å². The van der Waals surface area contributed by atoms with Gasteiger partial charge in [-0.25, -0.2) is 0 Å². The molecular weight excluding hydrogens is 1240 g/mol. The number of hydrogen-bond donors (Lipinski definition) is 0. The third-order valence-electron chi connectivity index (χ3n) is 15.5. The molecule has 0 spiro atoms. The zero-order valence-corrected chi connectivity index (χ0v) is 52.7. The first-order chi connectivity index (χ1) is 39.8. The molecule has 0 saturated carbocycles. The molecule has 81 heavy (non-hydrogen) atoms. The van der Waals surface area contributed by atoms with Gasteiger partial charge in [-0.2, -0.15) is 0 Å². The number of rotatable bonds is 16. The molecule has 12 aromatic rings. The van der Waals surface area contributed by atoms with Crippen molar-refractivity contribution in [3.05, 3.63) is 360 Å². The zero-order valence-electron chi connectivity index (χ0n) is 44.2. The van der Waals surface area contributed by atoms with E-state index in [9.17, 15) is 0 Å². The molecule has 0 bridgehead atoms. The molecule has 0 amide bonds. The van der Waals surface area contributed by atoms with Crippen molar-refractivity contribution >= 4 is 132 Å². The van der Waals surface area contributed by atoms with Crippen LogP contribution in [0.1, 0.15) is 0 Å². The van der Waals surface area contributed by atoms with Crippen LogP contribution in [-0.2, 0) is 13.6 Å². The molecule has 9 heteroatoms. The molecule has 0 fully saturated rings. The summed E-state index contributed by atoms with van der Waals surface area (Å²) in [6, 6.07) is 132. The van der Waals surface area contributed by atoms with E-state index in [1.54, 1.807) is 0 Å². The second-order valence-electron chi connectivity index (χ2n) is 19.9. The molecule has 0 unspecified atom stereocenters. The van der Waals surface area contributed by atoms with Gasteiger partial charge in [0.25, 0.3) is 0 Å². The van der Waals surface area contributed by atoms with Gasteiger partial charge in [0.1, 0.15) is 0 Å². The van der Waals surface area contributed by atoms with Crippen molar-refractivity contribution in [3.8, 4) is 0 Å². The fourth-order valence-electron chi connectivity index (χ4n) is 12.6. The second-order valence-corrected chi connectivity index (χ2v) is 72.2. The fraction of sp³-hybridized carbons (Fsp3) is 0. The molecule has 0 radical (unpaired) electrons. The van der Waals surface area contributed by atoms with E-state index in [0.29, 0.717) is 20.1 Å². The predicted molar refractivity (Wildman–Crippen MR) is 366 cm³/mol. The Balaban J connectivity index is 1.65. The van der Waals surface area contributed by atoms with Crippen LogP contribution >= 0.6 is 68.2 Å². The van der Waals surface area contributed by atoms with Crippen LogP contribution in [0.3, 0.4) is 0 Å². The van der Waals surface area contributed by atoms with Gasteiger partial charge in [-0.05, 0) is 0 Å². The van der Waals surface area contributed by atoms with Crippen molar-refractivity contribution in [2.24, 2.45) is 0 Å². The maximum absolute atomic E-state index is 7.36. The molecule has 0 N–H and O–H groups in total. The predicted octanol–water partition coefficient (Wildman–Crippen LogP) is 15.3. The Hall–Kier alpha value is -5.82. The minimum absolute atomic E-state index is 0.684. The van der Waals surface area contributed by atoms with E-state index in [-0.39, 0.29) is 0 Å². The van der Waals surface area contributed by atoms with Crippen LogP contribution in [0.4, 0.5) is 0 Å². The minimum atomic E-state index is -4.77. The van der Waals surface area contributed by atoms with Crippen LogP contribution in [0, 0.1) is 0 Å². The molecule has 406 valence electrons. The topological polar surface area (TPSA) is 0 Å². The van der Waals surface area contributed by atoms with Crippen molar-refractivity contribution in [1.29, 1.82) is 0 Å². The van der Waals surface area contributed by atoms with Gasteiger partial charge in [-0.3, -0.25) is 0 Å². The van der Waals surface area contributed by atoms with Crippen LogP contribution in [-0.4, -0.2) is 0 Å². The molecular formula is C72H60Cl4P4Pd. The Morgan fingerprint density at radius 1 is 0.148 bits per heavy atom. The van der Waals surface area contributed by atoms with Crippen molar-refractivity contribution in [3.63, 3.8) is 0 Å². The molecule has 0 aliphatic heterocycles. The first kappa shape index (κ1) is 55.7. The summed E-state index contributed by atoms with van der Waals surface area (Å²) in [4.78, 5) is 0. The summed E-state index contributed by atoms with van der Waals surface area (Å²) in [5, 5.41) is 18.6. The molecule has 0 heterocycles. The van der Waals surface area contributed by atoms with E-state index < -0.39 is 35.4 Å². The molecule has 0 saturated heterocycles. The average Bonchev–Trinajstić information content (AvgIpc) is 1.17. The zero-order chi connectivity index (χ0) is 55.3. The Morgan fingerprint density at radius 3 is 0.383 bits per heavy atom. The summed E-state index contributed by atoms with van der Waals surface area (Å²) >= 11 is 24.7. The van der Waals surface area contributed by atoms with Crippen LogP contribution in [0.5, 0.6) is 0 Å². The quantitative estimate of drug-likeness (QED) is 0.0668. The molecule has 0 nitrogen and oxygen atoms in total. The standard InChI is InChI=1S/4C18H14ClP.Pd/c4*19-15-11-13-18(14-12-15)20(16-7-3-1-4-8-16)17-9-5-2-6-10-17;/h4*1-14H;/q;;;;-4/p+4. The number of benzene rings is 12. The van der Waals surface area contributed by atoms with Gasteiger partial charge in [-0.15, -0.1) is 0 Å². The van der Waals surface area contributed by atoms with Crippen LogP contribution in [0.15, 0.2) is 340 Å². The SMILES string of the molecule is Clc1ccc([PH](c2ccccc2)(c2ccccc2)[Pd]([PH](c2ccccc2)(c2ccccc2)c2ccc(Cl)cc2)([PH](c2ccccc2)(c2ccccc2)c2ccc(Cl)cc2)[PH](c2ccccc2)(c2ccccc2)c2ccc(Cl)cc2)cc1. The van der Waals surface area contributed by atoms with Gasteiger partial charge in [0, 0.05) is 0 Å². The van der Waals surface area contributed by atoms with E-state index in [1.165, 1.54) is 63.7 Å². The number of halogens is 4. The molecule has 0 aliphatic rings. The van der Waals surface area contributed by atoms with Crippen LogP contribution < -0.4 is 63.7 Å². The van der Waals surface area contributed by atoms with E-state index in [1.807, 2.05) is 0 Å². The number of hydrogen-bond acceptors (Lipinski definition) is 0. The third-order valence-corrected chi connectivity index (χ3v) is 120. The first-order valence-corrected chi connectivity index (χ1v) is 45.1. The average molecular weight is 1300 g/mol. The Kier molecular flexibility index (Phi) is 16.6. The summed E-state index contributed by atoms with van der Waals surface area (Å²) in [6.07, 6.45) is 0. The summed E-state index contributed by atoms with van der Waals surface area (Å²) in [6.45, 7) is 0. The van der Waals surface area contributed by atoms with E-state index in [4.69, 9.17) is 46.4 Å². The normalized spacial score (nSPS) is 14.0. The van der Waals surface area contributed by atoms with Crippen molar-refractivity contribution in [2.45, 2.75) is 0 Å².